The van der Waals surface area contributed by atoms with E-state index < -0.39 is 5.79 Å². The lowest BCUT2D eigenvalue weighted by Crippen LogP contribution is -2.60. The SMILES string of the molecule is CCCCC[C@@H]1[C@H](CO)[C@H]2OC(C)(C)O[C@@H]2CN1C(=O)OCc1ccccc1. The van der Waals surface area contributed by atoms with E-state index in [1.54, 1.807) is 4.90 Å². The van der Waals surface area contributed by atoms with Gasteiger partial charge >= 0.3 is 6.09 Å². The highest BCUT2D eigenvalue weighted by molar-refractivity contribution is 5.68. The number of ether oxygens (including phenoxy) is 3. The Kier molecular flexibility index (Phi) is 6.96. The van der Waals surface area contributed by atoms with Crippen molar-refractivity contribution >= 4 is 6.09 Å². The van der Waals surface area contributed by atoms with Crippen LogP contribution in [0.1, 0.15) is 52.0 Å². The van der Waals surface area contributed by atoms with Crippen LogP contribution < -0.4 is 0 Å². The number of aliphatic hydroxyl groups is 1. The highest BCUT2D eigenvalue weighted by atomic mass is 16.8. The smallest absolute Gasteiger partial charge is 0.410 e. The zero-order valence-electron chi connectivity index (χ0n) is 17.2. The van der Waals surface area contributed by atoms with Crippen LogP contribution in [-0.4, -0.2) is 53.3 Å². The molecule has 2 saturated heterocycles. The van der Waals surface area contributed by atoms with E-state index in [0.717, 1.165) is 31.2 Å². The molecule has 1 N–H and O–H groups in total. The standard InChI is InChI=1S/C22H33NO5/c1-4-5-7-12-18-17(14-24)20-19(27-22(2,3)28-20)13-23(18)21(25)26-15-16-10-8-6-9-11-16/h6,8-11,17-20,24H,4-5,7,12-15H2,1-3H3/t17-,18+,19+,20+/m0/s1. The molecule has 0 saturated carbocycles. The maximum absolute atomic E-state index is 13.0. The summed E-state index contributed by atoms with van der Waals surface area (Å²) in [5, 5.41) is 10.1. The van der Waals surface area contributed by atoms with Crippen LogP contribution in [0.4, 0.5) is 4.79 Å². The van der Waals surface area contributed by atoms with Gasteiger partial charge in [-0.1, -0.05) is 56.5 Å². The van der Waals surface area contributed by atoms with Gasteiger partial charge in [-0.3, -0.25) is 0 Å². The van der Waals surface area contributed by atoms with Crippen molar-refractivity contribution in [2.75, 3.05) is 13.2 Å². The highest BCUT2D eigenvalue weighted by Crippen LogP contribution is 2.40. The first kappa shape index (κ1) is 21.1. The van der Waals surface area contributed by atoms with E-state index in [1.807, 2.05) is 44.2 Å². The van der Waals surface area contributed by atoms with Gasteiger partial charge in [0, 0.05) is 12.0 Å². The summed E-state index contributed by atoms with van der Waals surface area (Å²) in [6.07, 6.45) is 3.22. The lowest BCUT2D eigenvalue weighted by atomic mass is 9.83. The number of hydrogen-bond acceptors (Lipinski definition) is 5. The Morgan fingerprint density at radius 2 is 2.00 bits per heavy atom. The molecular formula is C22H33NO5. The van der Waals surface area contributed by atoms with E-state index >= 15 is 0 Å². The minimum Gasteiger partial charge on any atom is -0.445 e. The number of piperidine rings is 1. The number of hydrogen-bond donors (Lipinski definition) is 1. The molecule has 4 atom stereocenters. The summed E-state index contributed by atoms with van der Waals surface area (Å²) in [6.45, 7) is 6.53. The van der Waals surface area contributed by atoms with Gasteiger partial charge in [-0.2, -0.15) is 0 Å². The lowest BCUT2D eigenvalue weighted by Gasteiger charge is -2.44. The zero-order valence-corrected chi connectivity index (χ0v) is 17.2. The van der Waals surface area contributed by atoms with Gasteiger partial charge in [-0.05, 0) is 25.8 Å². The molecule has 0 spiro atoms. The maximum atomic E-state index is 13.0. The Balaban J connectivity index is 1.74. The number of likely N-dealkylation sites (tertiary alicyclic amines) is 1. The third-order valence-corrected chi connectivity index (χ3v) is 5.67. The Morgan fingerprint density at radius 3 is 2.68 bits per heavy atom. The van der Waals surface area contributed by atoms with Gasteiger partial charge in [-0.15, -0.1) is 0 Å². The monoisotopic (exact) mass is 391 g/mol. The number of carbonyl (C=O) groups excluding carboxylic acids is 1. The van der Waals surface area contributed by atoms with Crippen LogP contribution in [0.5, 0.6) is 0 Å². The fourth-order valence-corrected chi connectivity index (χ4v) is 4.36. The number of carbonyl (C=O) groups is 1. The van der Waals surface area contributed by atoms with Crippen molar-refractivity contribution in [3.8, 4) is 0 Å². The molecule has 3 rings (SSSR count). The van der Waals surface area contributed by atoms with Gasteiger partial charge in [0.2, 0.25) is 0 Å². The second-order valence-electron chi connectivity index (χ2n) is 8.24. The Labute approximate surface area is 167 Å². The van der Waals surface area contributed by atoms with Crippen molar-refractivity contribution in [1.82, 2.24) is 4.90 Å². The van der Waals surface area contributed by atoms with Crippen molar-refractivity contribution in [2.45, 2.75) is 77.1 Å². The molecule has 6 nitrogen and oxygen atoms in total. The topological polar surface area (TPSA) is 68.2 Å². The van der Waals surface area contributed by atoms with Crippen LogP contribution >= 0.6 is 0 Å². The number of benzene rings is 1. The van der Waals surface area contributed by atoms with Gasteiger partial charge < -0.3 is 24.2 Å². The first-order valence-corrected chi connectivity index (χ1v) is 10.4. The van der Waals surface area contributed by atoms with Crippen LogP contribution in [-0.2, 0) is 20.8 Å². The number of amides is 1. The molecule has 2 fully saturated rings. The Morgan fingerprint density at radius 1 is 1.25 bits per heavy atom. The average molecular weight is 392 g/mol. The van der Waals surface area contributed by atoms with Crippen molar-refractivity contribution < 1.29 is 24.1 Å². The molecule has 6 heteroatoms. The summed E-state index contributed by atoms with van der Waals surface area (Å²) >= 11 is 0. The Hall–Kier alpha value is -1.63. The van der Waals surface area contributed by atoms with Gasteiger partial charge in [0.1, 0.15) is 12.7 Å². The van der Waals surface area contributed by atoms with Crippen LogP contribution in [0.2, 0.25) is 0 Å². The van der Waals surface area contributed by atoms with Crippen LogP contribution in [0.15, 0.2) is 30.3 Å². The summed E-state index contributed by atoms with van der Waals surface area (Å²) in [6, 6.07) is 9.55. The summed E-state index contributed by atoms with van der Waals surface area (Å²) < 4.78 is 17.7. The molecule has 1 aromatic rings. The Bertz CT molecular complexity index is 635. The molecule has 0 aliphatic carbocycles. The van der Waals surface area contributed by atoms with E-state index in [-0.39, 0.29) is 43.5 Å². The first-order valence-electron chi connectivity index (χ1n) is 10.4. The number of rotatable bonds is 7. The fraction of sp³-hybridized carbons (Fsp3) is 0.682. The van der Waals surface area contributed by atoms with E-state index in [9.17, 15) is 9.90 Å². The number of aliphatic hydroxyl groups excluding tert-OH is 1. The third-order valence-electron chi connectivity index (χ3n) is 5.67. The average Bonchev–Trinajstić information content (AvgIpc) is 3.00. The second-order valence-corrected chi connectivity index (χ2v) is 8.24. The minimum absolute atomic E-state index is 0.0418. The highest BCUT2D eigenvalue weighted by Gasteiger charge is 2.53. The number of fused-ring (bicyclic) bond motifs is 1. The molecule has 0 bridgehead atoms. The molecule has 1 amide bonds. The molecule has 0 radical (unpaired) electrons. The first-order chi connectivity index (χ1) is 13.4. The number of unbranched alkanes of at least 4 members (excludes halogenated alkanes) is 2. The third kappa shape index (κ3) is 4.85. The quantitative estimate of drug-likeness (QED) is 0.718. The summed E-state index contributed by atoms with van der Waals surface area (Å²) in [4.78, 5) is 14.7. The predicted molar refractivity (Wildman–Crippen MR) is 106 cm³/mol. The van der Waals surface area contributed by atoms with Crippen molar-refractivity contribution in [2.24, 2.45) is 5.92 Å². The molecule has 2 aliphatic rings. The van der Waals surface area contributed by atoms with E-state index in [4.69, 9.17) is 14.2 Å². The summed E-state index contributed by atoms with van der Waals surface area (Å²) in [5.74, 6) is -0.887. The van der Waals surface area contributed by atoms with Crippen LogP contribution in [0.3, 0.4) is 0 Å². The van der Waals surface area contributed by atoms with Crippen molar-refractivity contribution in [3.63, 3.8) is 0 Å². The van der Waals surface area contributed by atoms with Gasteiger partial charge in [-0.25, -0.2) is 4.79 Å². The molecule has 28 heavy (non-hydrogen) atoms. The van der Waals surface area contributed by atoms with E-state index in [2.05, 4.69) is 6.92 Å². The fourth-order valence-electron chi connectivity index (χ4n) is 4.36. The van der Waals surface area contributed by atoms with E-state index in [0.29, 0.717) is 6.54 Å². The second kappa shape index (κ2) is 9.25. The van der Waals surface area contributed by atoms with Crippen LogP contribution in [0.25, 0.3) is 0 Å². The van der Waals surface area contributed by atoms with Crippen molar-refractivity contribution in [1.29, 1.82) is 0 Å². The molecule has 2 heterocycles. The van der Waals surface area contributed by atoms with E-state index in [1.165, 1.54) is 0 Å². The van der Waals surface area contributed by atoms with Gasteiger partial charge in [0.25, 0.3) is 0 Å². The molecule has 0 unspecified atom stereocenters. The molecular weight excluding hydrogens is 358 g/mol. The zero-order chi connectivity index (χ0) is 20.1. The molecule has 2 aliphatic heterocycles. The molecule has 156 valence electrons. The predicted octanol–water partition coefficient (Wildman–Crippen LogP) is 3.72. The van der Waals surface area contributed by atoms with Crippen LogP contribution in [0, 0.1) is 5.92 Å². The van der Waals surface area contributed by atoms with Gasteiger partial charge in [0.15, 0.2) is 5.79 Å². The minimum atomic E-state index is -0.708. The molecule has 0 aromatic heterocycles. The van der Waals surface area contributed by atoms with Gasteiger partial charge in [0.05, 0.1) is 19.3 Å². The molecule has 1 aromatic carbocycles. The summed E-state index contributed by atoms with van der Waals surface area (Å²) in [7, 11) is 0. The van der Waals surface area contributed by atoms with Crippen molar-refractivity contribution in [3.05, 3.63) is 35.9 Å². The lowest BCUT2D eigenvalue weighted by molar-refractivity contribution is -0.150. The summed E-state index contributed by atoms with van der Waals surface area (Å²) in [5.41, 5.74) is 0.952. The number of nitrogens with zero attached hydrogens (tertiary/aromatic N) is 1. The largest absolute Gasteiger partial charge is 0.445 e. The normalized spacial score (nSPS) is 28.8. The maximum Gasteiger partial charge on any atom is 0.410 e.